The molecular formula is C64H52N6. The Morgan fingerprint density at radius 1 is 0.443 bits per heavy atom. The van der Waals surface area contributed by atoms with Crippen LogP contribution in [-0.2, 0) is 0 Å². The predicted molar refractivity (Wildman–Crippen MR) is 298 cm³/mol. The molecule has 0 spiro atoms. The van der Waals surface area contributed by atoms with Gasteiger partial charge in [0, 0.05) is 65.8 Å². The van der Waals surface area contributed by atoms with Crippen molar-refractivity contribution in [2.24, 2.45) is 0 Å². The van der Waals surface area contributed by atoms with E-state index in [1.54, 1.807) is 0 Å². The van der Waals surface area contributed by atoms with Crippen LogP contribution in [0.25, 0.3) is 81.0 Å². The van der Waals surface area contributed by atoms with Gasteiger partial charge in [0.05, 0.1) is 62.7 Å². The summed E-state index contributed by atoms with van der Waals surface area (Å²) < 4.78 is 4.98. The number of para-hydroxylation sites is 2. The number of benzene rings is 9. The molecule has 0 aliphatic rings. The van der Waals surface area contributed by atoms with Crippen molar-refractivity contribution in [3.63, 3.8) is 0 Å². The van der Waals surface area contributed by atoms with Crippen LogP contribution < -0.4 is 9.80 Å². The molecule has 0 radical (unpaired) electrons. The molecule has 70 heavy (non-hydrogen) atoms. The maximum absolute atomic E-state index is 9.71. The Morgan fingerprint density at radius 2 is 0.814 bits per heavy atom. The molecule has 0 aliphatic carbocycles. The van der Waals surface area contributed by atoms with Crippen molar-refractivity contribution in [2.45, 2.75) is 54.4 Å². The molecule has 9 aromatic carbocycles. The first kappa shape index (κ1) is 43.7. The van der Waals surface area contributed by atoms with Gasteiger partial charge in [-0.3, -0.25) is 0 Å². The number of fused-ring (bicyclic) bond motifs is 12. The molecule has 0 amide bonds. The molecule has 0 saturated carbocycles. The van der Waals surface area contributed by atoms with Gasteiger partial charge in [0.2, 0.25) is 0 Å². The summed E-state index contributed by atoms with van der Waals surface area (Å²) in [6, 6.07) is 67.8. The largest absolute Gasteiger partial charge is 0.310 e. The number of anilines is 6. The van der Waals surface area contributed by atoms with Crippen molar-refractivity contribution in [2.75, 3.05) is 9.80 Å². The van der Waals surface area contributed by atoms with Crippen LogP contribution >= 0.6 is 0 Å². The Morgan fingerprint density at radius 3 is 1.20 bits per heavy atom. The number of nitriles is 1. The maximum Gasteiger partial charge on any atom is 0.187 e. The highest BCUT2D eigenvalue weighted by Crippen LogP contribution is 2.50. The van der Waals surface area contributed by atoms with Crippen molar-refractivity contribution >= 4 is 116 Å². The summed E-state index contributed by atoms with van der Waals surface area (Å²) >= 11 is 0. The average molecular weight is 905 g/mol. The molecule has 4 heterocycles. The minimum atomic E-state index is 0. The van der Waals surface area contributed by atoms with E-state index in [-0.39, 0.29) is 14.9 Å². The van der Waals surface area contributed by atoms with E-state index in [1.807, 2.05) is 24.3 Å². The summed E-state index contributed by atoms with van der Waals surface area (Å²) in [4.78, 5) is 8.39. The van der Waals surface area contributed by atoms with Crippen molar-refractivity contribution in [1.29, 1.82) is 5.26 Å². The maximum atomic E-state index is 9.71. The van der Waals surface area contributed by atoms with Crippen LogP contribution in [0.4, 0.5) is 39.8 Å². The molecule has 6 heteroatoms. The number of hydrogen-bond acceptors (Lipinski definition) is 3. The van der Waals surface area contributed by atoms with Crippen LogP contribution in [-0.4, -0.2) is 8.80 Å². The molecule has 0 bridgehead atoms. The fraction of sp³-hybridized carbons (Fsp3) is 0.125. The molecule has 6 nitrogen and oxygen atoms in total. The second kappa shape index (κ2) is 16.4. The highest BCUT2D eigenvalue weighted by molar-refractivity contribution is 6.31. The van der Waals surface area contributed by atoms with E-state index in [4.69, 9.17) is 6.57 Å². The van der Waals surface area contributed by atoms with Crippen LogP contribution in [0.3, 0.4) is 0 Å². The first-order valence-corrected chi connectivity index (χ1v) is 23.4. The lowest BCUT2D eigenvalue weighted by Gasteiger charge is -2.27. The lowest BCUT2D eigenvalue weighted by molar-refractivity contribution is 0.866. The van der Waals surface area contributed by atoms with Crippen LogP contribution in [0.1, 0.15) is 71.1 Å². The summed E-state index contributed by atoms with van der Waals surface area (Å²) in [6.07, 6.45) is 0. The highest BCUT2D eigenvalue weighted by atomic mass is 15.2. The third kappa shape index (κ3) is 6.23. The number of nitrogens with zero attached hydrogens (tertiary/aromatic N) is 6. The van der Waals surface area contributed by atoms with E-state index in [0.29, 0.717) is 23.1 Å². The zero-order valence-corrected chi connectivity index (χ0v) is 38.2. The van der Waals surface area contributed by atoms with Gasteiger partial charge in [-0.1, -0.05) is 127 Å². The molecule has 338 valence electrons. The Hall–Kier alpha value is -8.84. The smallest absolute Gasteiger partial charge is 0.187 e. The summed E-state index contributed by atoms with van der Waals surface area (Å²) in [5.74, 6) is 0.840. The quantitative estimate of drug-likeness (QED) is 0.143. The predicted octanol–water partition coefficient (Wildman–Crippen LogP) is 18.9. The lowest BCUT2D eigenvalue weighted by atomic mass is 10.0. The van der Waals surface area contributed by atoms with Gasteiger partial charge in [-0.05, 0) is 120 Å². The summed E-state index contributed by atoms with van der Waals surface area (Å²) in [6.45, 7) is 16.6. The van der Waals surface area contributed by atoms with E-state index in [2.05, 4.69) is 215 Å². The van der Waals surface area contributed by atoms with Crippen molar-refractivity contribution in [3.05, 3.63) is 210 Å². The third-order valence-electron chi connectivity index (χ3n) is 14.4. The molecule has 0 aliphatic heterocycles. The van der Waals surface area contributed by atoms with Gasteiger partial charge >= 0.3 is 0 Å². The van der Waals surface area contributed by atoms with Crippen LogP contribution in [0, 0.1) is 17.9 Å². The van der Waals surface area contributed by atoms with Crippen LogP contribution in [0.15, 0.2) is 182 Å². The minimum Gasteiger partial charge on any atom is -0.310 e. The van der Waals surface area contributed by atoms with Crippen molar-refractivity contribution in [1.82, 2.24) is 8.80 Å². The van der Waals surface area contributed by atoms with E-state index in [0.717, 1.165) is 45.2 Å². The molecule has 0 atom stereocenters. The minimum absolute atomic E-state index is 0. The van der Waals surface area contributed by atoms with Gasteiger partial charge < -0.3 is 18.6 Å². The SMILES string of the molecule is C.C.[C-]#[N+]c1ccc(N(c2ccc(C(C)C)cc2)c2cccc3c2c2cccc4c5cc6c(cc5n3c42)c2cccc3c4c(N(c5ccc(C#N)cc5)c5ccc(C(C)C)cc5)cccc4n6c23)cc1. The molecule has 0 unspecified atom stereocenters. The fourth-order valence-electron chi connectivity index (χ4n) is 11.1. The molecule has 0 fully saturated rings. The number of aromatic nitrogens is 2. The highest BCUT2D eigenvalue weighted by Gasteiger charge is 2.27. The van der Waals surface area contributed by atoms with E-state index >= 15 is 0 Å². The molecular weight excluding hydrogens is 853 g/mol. The summed E-state index contributed by atoms with van der Waals surface area (Å²) in [7, 11) is 0. The molecule has 0 saturated heterocycles. The monoisotopic (exact) mass is 904 g/mol. The normalized spacial score (nSPS) is 11.7. The fourth-order valence-corrected chi connectivity index (χ4v) is 11.1. The molecule has 4 aromatic heterocycles. The van der Waals surface area contributed by atoms with E-state index in [1.165, 1.54) is 76.3 Å². The van der Waals surface area contributed by atoms with Gasteiger partial charge in [-0.25, -0.2) is 4.85 Å². The molecule has 13 aromatic rings. The first-order valence-electron chi connectivity index (χ1n) is 23.4. The molecule has 13 rings (SSSR count). The topological polar surface area (TPSA) is 43.5 Å². The van der Waals surface area contributed by atoms with Gasteiger partial charge in [-0.15, -0.1) is 0 Å². The Kier molecular flexibility index (Phi) is 10.3. The van der Waals surface area contributed by atoms with Gasteiger partial charge in [0.1, 0.15) is 0 Å². The molecule has 0 N–H and O–H groups in total. The number of hydrogen-bond donors (Lipinski definition) is 0. The van der Waals surface area contributed by atoms with Crippen LogP contribution in [0.2, 0.25) is 0 Å². The summed E-state index contributed by atoms with van der Waals surface area (Å²) in [5, 5.41) is 19.4. The second-order valence-corrected chi connectivity index (χ2v) is 18.8. The van der Waals surface area contributed by atoms with Crippen molar-refractivity contribution < 1.29 is 0 Å². The average Bonchev–Trinajstić information content (AvgIpc) is 4.11. The number of rotatable bonds is 8. The summed E-state index contributed by atoms with van der Waals surface area (Å²) in [5.41, 5.74) is 17.3. The third-order valence-corrected chi connectivity index (χ3v) is 14.4. The van der Waals surface area contributed by atoms with Gasteiger partial charge in [0.25, 0.3) is 0 Å². The second-order valence-electron chi connectivity index (χ2n) is 18.8. The zero-order valence-electron chi connectivity index (χ0n) is 38.2. The van der Waals surface area contributed by atoms with Gasteiger partial charge in [-0.2, -0.15) is 5.26 Å². The zero-order chi connectivity index (χ0) is 45.9. The standard InChI is InChI=1S/C62H44N6.2CH4/c1-37(2)40-20-28-44(29-21-40)65(43-26-18-39(36-63)19-27-43)53-14-8-16-55-59(53)49-12-6-10-47-51-35-58-52(34-57(51)67(55)61(47)49)48-11-7-13-50-60-54(15-9-17-56(60)68(58)62(48)50)66(46-32-24-42(64-5)25-33-46)45-30-22-41(23-31-45)38(3)4;;/h6-35,37-38H,1-4H3;2*1H4. The lowest BCUT2D eigenvalue weighted by Crippen LogP contribution is -2.10. The van der Waals surface area contributed by atoms with E-state index in [9.17, 15) is 5.26 Å². The Bertz CT molecular complexity index is 3920. The van der Waals surface area contributed by atoms with Crippen molar-refractivity contribution in [3.8, 4) is 6.07 Å². The Balaban J connectivity index is 0.00000267. The first-order chi connectivity index (χ1) is 33.3. The van der Waals surface area contributed by atoms with Crippen LogP contribution in [0.5, 0.6) is 0 Å². The van der Waals surface area contributed by atoms with E-state index < -0.39 is 0 Å². The van der Waals surface area contributed by atoms with Gasteiger partial charge in [0.15, 0.2) is 5.69 Å². The Labute approximate surface area is 408 Å².